The average molecular weight is 232 g/mol. The third kappa shape index (κ3) is 4.94. The van der Waals surface area contributed by atoms with Crippen LogP contribution >= 0.6 is 0 Å². The smallest absolute Gasteiger partial charge is 0.198 e. The van der Waals surface area contributed by atoms with Crippen molar-refractivity contribution in [3.8, 4) is 0 Å². The van der Waals surface area contributed by atoms with Crippen molar-refractivity contribution in [1.29, 1.82) is 0 Å². The third-order valence-corrected chi connectivity index (χ3v) is 2.87. The van der Waals surface area contributed by atoms with Crippen LogP contribution in [0.5, 0.6) is 0 Å². The van der Waals surface area contributed by atoms with Crippen LogP contribution in [-0.4, -0.2) is 11.6 Å². The van der Waals surface area contributed by atoms with Gasteiger partial charge in [-0.15, -0.1) is 0 Å². The lowest BCUT2D eigenvalue weighted by atomic mass is 10.0. The molecule has 2 nitrogen and oxygen atoms in total. The first kappa shape index (κ1) is 13.6. The van der Waals surface area contributed by atoms with Crippen LogP contribution in [0.3, 0.4) is 0 Å². The third-order valence-electron chi connectivity index (χ3n) is 2.87. The first-order valence-corrected chi connectivity index (χ1v) is 6.25. The molecule has 1 aromatic carbocycles. The first-order valence-electron chi connectivity index (χ1n) is 6.25. The van der Waals surface area contributed by atoms with Gasteiger partial charge in [0.1, 0.15) is 0 Å². The highest BCUT2D eigenvalue weighted by molar-refractivity contribution is 6.37. The van der Waals surface area contributed by atoms with Crippen molar-refractivity contribution in [3.05, 3.63) is 35.4 Å². The quantitative estimate of drug-likeness (QED) is 0.534. The number of ketones is 2. The van der Waals surface area contributed by atoms with E-state index in [1.807, 2.05) is 0 Å². The second kappa shape index (κ2) is 7.00. The Hall–Kier alpha value is -1.44. The number of benzene rings is 1. The van der Waals surface area contributed by atoms with Crippen molar-refractivity contribution in [2.45, 2.75) is 46.0 Å². The fourth-order valence-electron chi connectivity index (χ4n) is 1.71. The van der Waals surface area contributed by atoms with Gasteiger partial charge in [-0.3, -0.25) is 9.59 Å². The summed E-state index contributed by atoms with van der Waals surface area (Å²) in [4.78, 5) is 22.3. The Kier molecular flexibility index (Phi) is 5.61. The largest absolute Gasteiger partial charge is 0.291 e. The van der Waals surface area contributed by atoms with Gasteiger partial charge < -0.3 is 0 Å². The highest BCUT2D eigenvalue weighted by Crippen LogP contribution is 2.08. The normalized spacial score (nSPS) is 10.2. The topological polar surface area (TPSA) is 34.1 Å². The van der Waals surface area contributed by atoms with Crippen molar-refractivity contribution in [2.75, 3.05) is 0 Å². The fourth-order valence-corrected chi connectivity index (χ4v) is 1.71. The van der Waals surface area contributed by atoms with Crippen molar-refractivity contribution < 1.29 is 9.59 Å². The molecule has 1 aromatic rings. The van der Waals surface area contributed by atoms with Crippen LogP contribution in [0.25, 0.3) is 0 Å². The first-order chi connectivity index (χ1) is 8.13. The molecule has 0 aliphatic heterocycles. The van der Waals surface area contributed by atoms with Gasteiger partial charge in [0.05, 0.1) is 0 Å². The minimum absolute atomic E-state index is 0.212. The van der Waals surface area contributed by atoms with Gasteiger partial charge in [0.15, 0.2) is 11.6 Å². The number of Topliss-reactive ketones (excluding diaryl/α,β-unsaturated/α-hetero) is 2. The Morgan fingerprint density at radius 2 is 1.65 bits per heavy atom. The Labute approximate surface area is 103 Å². The number of carbonyl (C=O) groups is 2. The maximum Gasteiger partial charge on any atom is 0.198 e. The van der Waals surface area contributed by atoms with Gasteiger partial charge in [-0.05, 0) is 31.7 Å². The Bertz CT molecular complexity index is 376. The molecule has 0 N–H and O–H groups in total. The molecular weight excluding hydrogens is 212 g/mol. The van der Waals surface area contributed by atoms with E-state index in [2.05, 4.69) is 31.2 Å². The Morgan fingerprint density at radius 3 is 2.24 bits per heavy atom. The van der Waals surface area contributed by atoms with E-state index in [1.54, 1.807) is 6.92 Å². The molecule has 0 aromatic heterocycles. The summed E-state index contributed by atoms with van der Waals surface area (Å²) in [6, 6.07) is 8.44. The molecule has 0 radical (unpaired) electrons. The number of aryl methyl sites for hydroxylation is 2. The molecule has 0 bridgehead atoms. The maximum atomic E-state index is 11.3. The van der Waals surface area contributed by atoms with E-state index >= 15 is 0 Å². The predicted molar refractivity (Wildman–Crippen MR) is 69.0 cm³/mol. The molecule has 0 fully saturated rings. The highest BCUT2D eigenvalue weighted by Gasteiger charge is 2.09. The molecule has 0 saturated heterocycles. The molecule has 1 rings (SSSR count). The van der Waals surface area contributed by atoms with E-state index in [-0.39, 0.29) is 11.6 Å². The van der Waals surface area contributed by atoms with Crippen LogP contribution in [0.1, 0.15) is 43.7 Å². The van der Waals surface area contributed by atoms with E-state index in [4.69, 9.17) is 0 Å². The van der Waals surface area contributed by atoms with Gasteiger partial charge in [-0.2, -0.15) is 0 Å². The SMILES string of the molecule is CCC(=O)C(=O)CCCCc1ccc(C)cc1. The second-order valence-corrected chi connectivity index (χ2v) is 4.39. The van der Waals surface area contributed by atoms with Crippen LogP contribution in [0.2, 0.25) is 0 Å². The summed E-state index contributed by atoms with van der Waals surface area (Å²) in [6.45, 7) is 3.80. The molecule has 2 heteroatoms. The number of carbonyl (C=O) groups excluding carboxylic acids is 2. The van der Waals surface area contributed by atoms with Crippen LogP contribution in [0.15, 0.2) is 24.3 Å². The van der Waals surface area contributed by atoms with E-state index < -0.39 is 0 Å². The van der Waals surface area contributed by atoms with Gasteiger partial charge in [0, 0.05) is 12.8 Å². The van der Waals surface area contributed by atoms with E-state index in [0.717, 1.165) is 19.3 Å². The zero-order valence-corrected chi connectivity index (χ0v) is 10.7. The van der Waals surface area contributed by atoms with Gasteiger partial charge in [-0.25, -0.2) is 0 Å². The standard InChI is InChI=1S/C15H20O2/c1-3-14(16)15(17)7-5-4-6-13-10-8-12(2)9-11-13/h8-11H,3-7H2,1-2H3. The molecule has 92 valence electrons. The molecule has 0 heterocycles. The van der Waals surface area contributed by atoms with Crippen molar-refractivity contribution >= 4 is 11.6 Å². The van der Waals surface area contributed by atoms with Gasteiger partial charge >= 0.3 is 0 Å². The fraction of sp³-hybridized carbons (Fsp3) is 0.467. The van der Waals surface area contributed by atoms with Crippen LogP contribution in [0, 0.1) is 6.92 Å². The minimum atomic E-state index is -0.236. The van der Waals surface area contributed by atoms with E-state index in [0.29, 0.717) is 12.8 Å². The molecule has 0 unspecified atom stereocenters. The average Bonchev–Trinajstić information content (AvgIpc) is 2.35. The van der Waals surface area contributed by atoms with E-state index in [1.165, 1.54) is 11.1 Å². The summed E-state index contributed by atoms with van der Waals surface area (Å²) in [5.74, 6) is -0.447. The number of rotatable bonds is 7. The highest BCUT2D eigenvalue weighted by atomic mass is 16.2. The van der Waals surface area contributed by atoms with Gasteiger partial charge in [0.2, 0.25) is 0 Å². The monoisotopic (exact) mass is 232 g/mol. The summed E-state index contributed by atoms with van der Waals surface area (Å²) < 4.78 is 0. The molecule has 17 heavy (non-hydrogen) atoms. The lowest BCUT2D eigenvalue weighted by Crippen LogP contribution is -2.11. The molecule has 0 spiro atoms. The molecule has 0 aliphatic rings. The summed E-state index contributed by atoms with van der Waals surface area (Å²) in [6.07, 6.45) is 3.48. The molecule has 0 amide bonds. The van der Waals surface area contributed by atoms with Crippen LogP contribution in [0.4, 0.5) is 0 Å². The van der Waals surface area contributed by atoms with Crippen molar-refractivity contribution in [1.82, 2.24) is 0 Å². The van der Waals surface area contributed by atoms with Crippen LogP contribution < -0.4 is 0 Å². The number of unbranched alkanes of at least 4 members (excludes halogenated alkanes) is 1. The Balaban J connectivity index is 2.22. The summed E-state index contributed by atoms with van der Waals surface area (Å²) in [5.41, 5.74) is 2.56. The maximum absolute atomic E-state index is 11.3. The minimum Gasteiger partial charge on any atom is -0.291 e. The number of hydrogen-bond donors (Lipinski definition) is 0. The summed E-state index contributed by atoms with van der Waals surface area (Å²) in [5, 5.41) is 0. The van der Waals surface area contributed by atoms with Gasteiger partial charge in [0.25, 0.3) is 0 Å². The molecule has 0 atom stereocenters. The Morgan fingerprint density at radius 1 is 1.00 bits per heavy atom. The zero-order chi connectivity index (χ0) is 12.7. The lowest BCUT2D eigenvalue weighted by molar-refractivity contribution is -0.136. The molecule has 0 aliphatic carbocycles. The van der Waals surface area contributed by atoms with Crippen molar-refractivity contribution in [2.24, 2.45) is 0 Å². The van der Waals surface area contributed by atoms with Crippen LogP contribution in [-0.2, 0) is 16.0 Å². The predicted octanol–water partition coefficient (Wildman–Crippen LogP) is 3.26. The molecule has 0 saturated carbocycles. The summed E-state index contributed by atoms with van der Waals surface area (Å²) >= 11 is 0. The van der Waals surface area contributed by atoms with Crippen molar-refractivity contribution in [3.63, 3.8) is 0 Å². The molecular formula is C15H20O2. The summed E-state index contributed by atoms with van der Waals surface area (Å²) in [7, 11) is 0. The lowest BCUT2D eigenvalue weighted by Gasteiger charge is -2.02. The zero-order valence-electron chi connectivity index (χ0n) is 10.7. The van der Waals surface area contributed by atoms with Gasteiger partial charge in [-0.1, -0.05) is 36.8 Å². The second-order valence-electron chi connectivity index (χ2n) is 4.39. The number of hydrogen-bond acceptors (Lipinski definition) is 2. The van der Waals surface area contributed by atoms with E-state index in [9.17, 15) is 9.59 Å².